The van der Waals surface area contributed by atoms with Gasteiger partial charge in [0.15, 0.2) is 0 Å². The van der Waals surface area contributed by atoms with Gasteiger partial charge >= 0.3 is 6.03 Å². The van der Waals surface area contributed by atoms with Gasteiger partial charge in [0.1, 0.15) is 18.4 Å². The number of urea groups is 1. The van der Waals surface area contributed by atoms with Gasteiger partial charge in [0.05, 0.1) is 27.5 Å². The summed E-state index contributed by atoms with van der Waals surface area (Å²) >= 11 is 6.56. The van der Waals surface area contributed by atoms with E-state index in [1.54, 1.807) is 24.5 Å². The van der Waals surface area contributed by atoms with Gasteiger partial charge in [-0.2, -0.15) is 5.26 Å². The van der Waals surface area contributed by atoms with Crippen LogP contribution in [0.15, 0.2) is 54.9 Å². The van der Waals surface area contributed by atoms with Gasteiger partial charge in [0.2, 0.25) is 0 Å². The number of aromatic nitrogens is 2. The Bertz CT molecular complexity index is 1590. The zero-order valence-electron chi connectivity index (χ0n) is 22.6. The van der Waals surface area contributed by atoms with Crippen LogP contribution in [0.4, 0.5) is 21.9 Å². The average molecular weight is 555 g/mol. The molecule has 2 amide bonds. The molecular weight excluding hydrogens is 524 g/mol. The van der Waals surface area contributed by atoms with E-state index in [4.69, 9.17) is 16.3 Å². The molecule has 0 unspecified atom stereocenters. The van der Waals surface area contributed by atoms with Gasteiger partial charge in [-0.1, -0.05) is 36.9 Å². The molecule has 1 aliphatic carbocycles. The number of nitriles is 1. The molecule has 1 saturated carbocycles. The van der Waals surface area contributed by atoms with Crippen molar-refractivity contribution < 1.29 is 9.53 Å². The van der Waals surface area contributed by atoms with Crippen LogP contribution in [-0.2, 0) is 6.61 Å². The predicted octanol–water partition coefficient (Wildman–Crippen LogP) is 7.55. The number of carbonyl (C=O) groups is 1. The minimum Gasteiger partial charge on any atom is -0.486 e. The van der Waals surface area contributed by atoms with Crippen molar-refractivity contribution >= 4 is 45.6 Å². The first-order valence-corrected chi connectivity index (χ1v) is 13.8. The van der Waals surface area contributed by atoms with E-state index in [0.717, 1.165) is 42.5 Å². The van der Waals surface area contributed by atoms with Crippen LogP contribution in [0.3, 0.4) is 0 Å². The van der Waals surface area contributed by atoms with Gasteiger partial charge in [0, 0.05) is 35.2 Å². The number of nitrogens with one attached hydrogen (secondary N) is 3. The highest BCUT2D eigenvalue weighted by Crippen LogP contribution is 2.35. The summed E-state index contributed by atoms with van der Waals surface area (Å²) < 4.78 is 5.91. The van der Waals surface area contributed by atoms with Gasteiger partial charge in [-0.3, -0.25) is 9.97 Å². The quantitative estimate of drug-likeness (QED) is 0.217. The standard InChI is InChI=1S/C31H31ClN6O2/c1-19-7-6-12-34-28(19)18-40-29-11-10-23(14-25(29)32)36-30-21(16-33)17-35-27-13-20(2)26(15-24(27)30)38-31(39)37-22-8-4-3-5-9-22/h6-7,10-15,17,22H,3-5,8-9,18H2,1-2H3,(H,35,36)(H2,37,38,39). The number of hydrogen-bond acceptors (Lipinski definition) is 6. The van der Waals surface area contributed by atoms with Crippen LogP contribution < -0.4 is 20.7 Å². The Labute approximate surface area is 238 Å². The lowest BCUT2D eigenvalue weighted by molar-refractivity contribution is 0.244. The molecule has 8 nitrogen and oxygen atoms in total. The Morgan fingerprint density at radius 3 is 2.67 bits per heavy atom. The fourth-order valence-corrected chi connectivity index (χ4v) is 5.18. The molecule has 2 heterocycles. The number of fused-ring (bicyclic) bond motifs is 1. The van der Waals surface area contributed by atoms with E-state index in [1.807, 2.05) is 44.2 Å². The van der Waals surface area contributed by atoms with Crippen molar-refractivity contribution in [3.05, 3.63) is 82.3 Å². The zero-order chi connectivity index (χ0) is 28.1. The molecule has 4 aromatic rings. The number of amides is 2. The molecule has 0 saturated heterocycles. The molecule has 9 heteroatoms. The smallest absolute Gasteiger partial charge is 0.319 e. The van der Waals surface area contributed by atoms with Crippen LogP contribution in [0, 0.1) is 25.2 Å². The van der Waals surface area contributed by atoms with Gasteiger partial charge in [-0.25, -0.2) is 4.79 Å². The maximum Gasteiger partial charge on any atom is 0.319 e. The van der Waals surface area contributed by atoms with E-state index in [1.165, 1.54) is 6.42 Å². The van der Waals surface area contributed by atoms with Crippen molar-refractivity contribution in [2.45, 2.75) is 58.6 Å². The van der Waals surface area contributed by atoms with Crippen LogP contribution in [0.5, 0.6) is 5.75 Å². The molecule has 2 aromatic heterocycles. The number of benzene rings is 2. The second kappa shape index (κ2) is 12.2. The Morgan fingerprint density at radius 1 is 1.10 bits per heavy atom. The number of rotatable bonds is 7. The van der Waals surface area contributed by atoms with E-state index in [9.17, 15) is 10.1 Å². The van der Waals surface area contributed by atoms with Crippen LogP contribution in [-0.4, -0.2) is 22.0 Å². The highest BCUT2D eigenvalue weighted by Gasteiger charge is 2.18. The van der Waals surface area contributed by atoms with E-state index in [0.29, 0.717) is 50.9 Å². The number of pyridine rings is 2. The molecule has 5 rings (SSSR count). The molecule has 0 aliphatic heterocycles. The maximum absolute atomic E-state index is 12.8. The Kier molecular flexibility index (Phi) is 8.32. The molecule has 1 fully saturated rings. The maximum atomic E-state index is 12.8. The van der Waals surface area contributed by atoms with Gasteiger partial charge in [-0.05, 0) is 74.2 Å². The summed E-state index contributed by atoms with van der Waals surface area (Å²) in [5.41, 5.74) is 5.76. The number of nitrogens with zero attached hydrogens (tertiary/aromatic N) is 3. The largest absolute Gasteiger partial charge is 0.486 e. The Balaban J connectivity index is 1.38. The van der Waals surface area contributed by atoms with Crippen molar-refractivity contribution in [3.8, 4) is 11.8 Å². The minimum absolute atomic E-state index is 0.197. The lowest BCUT2D eigenvalue weighted by atomic mass is 9.96. The fourth-order valence-electron chi connectivity index (χ4n) is 4.94. The normalized spacial score (nSPS) is 13.4. The summed E-state index contributed by atoms with van der Waals surface area (Å²) in [6.07, 6.45) is 8.78. The van der Waals surface area contributed by atoms with E-state index >= 15 is 0 Å². The summed E-state index contributed by atoms with van der Waals surface area (Å²) in [7, 11) is 0. The number of hydrogen-bond donors (Lipinski definition) is 3. The van der Waals surface area contributed by atoms with Crippen molar-refractivity contribution in [1.29, 1.82) is 5.26 Å². The fraction of sp³-hybridized carbons (Fsp3) is 0.290. The zero-order valence-corrected chi connectivity index (χ0v) is 23.3. The Morgan fingerprint density at radius 2 is 1.93 bits per heavy atom. The second-order valence-electron chi connectivity index (χ2n) is 10.1. The topological polar surface area (TPSA) is 112 Å². The van der Waals surface area contributed by atoms with E-state index in [-0.39, 0.29) is 12.1 Å². The van der Waals surface area contributed by atoms with Crippen molar-refractivity contribution in [3.63, 3.8) is 0 Å². The van der Waals surface area contributed by atoms with Crippen molar-refractivity contribution in [2.75, 3.05) is 10.6 Å². The molecule has 0 radical (unpaired) electrons. The first-order valence-electron chi connectivity index (χ1n) is 13.4. The molecule has 0 spiro atoms. The molecule has 0 atom stereocenters. The molecule has 3 N–H and O–H groups in total. The van der Waals surface area contributed by atoms with Gasteiger partial charge < -0.3 is 20.7 Å². The highest BCUT2D eigenvalue weighted by molar-refractivity contribution is 6.32. The monoisotopic (exact) mass is 554 g/mol. The predicted molar refractivity (Wildman–Crippen MR) is 158 cm³/mol. The second-order valence-corrected chi connectivity index (χ2v) is 10.5. The number of anilines is 3. The number of halogens is 1. The first kappa shape index (κ1) is 27.2. The minimum atomic E-state index is -0.225. The summed E-state index contributed by atoms with van der Waals surface area (Å²) in [5.74, 6) is 0.531. The third-order valence-corrected chi connectivity index (χ3v) is 7.50. The van der Waals surface area contributed by atoms with E-state index in [2.05, 4.69) is 32.0 Å². The average Bonchev–Trinajstić information content (AvgIpc) is 2.95. The SMILES string of the molecule is Cc1cc2ncc(C#N)c(Nc3ccc(OCc4ncccc4C)c(Cl)c3)c2cc1NC(=O)NC1CCCCC1. The Hall–Kier alpha value is -4.35. The number of ether oxygens (including phenoxy) is 1. The van der Waals surface area contributed by atoms with E-state index < -0.39 is 0 Å². The van der Waals surface area contributed by atoms with Gasteiger partial charge in [0.25, 0.3) is 0 Å². The number of carbonyl (C=O) groups excluding carboxylic acids is 1. The molecule has 0 bridgehead atoms. The van der Waals surface area contributed by atoms with Crippen molar-refractivity contribution in [2.24, 2.45) is 0 Å². The molecule has 40 heavy (non-hydrogen) atoms. The first-order chi connectivity index (χ1) is 19.4. The highest BCUT2D eigenvalue weighted by atomic mass is 35.5. The molecule has 204 valence electrons. The number of aryl methyl sites for hydroxylation is 2. The summed E-state index contributed by atoms with van der Waals surface area (Å²) in [5, 5.41) is 20.4. The summed E-state index contributed by atoms with van der Waals surface area (Å²) in [6, 6.07) is 15.2. The third-order valence-electron chi connectivity index (χ3n) is 7.21. The summed E-state index contributed by atoms with van der Waals surface area (Å²) in [6.45, 7) is 4.21. The van der Waals surface area contributed by atoms with Crippen LogP contribution in [0.25, 0.3) is 10.9 Å². The molecule has 1 aliphatic rings. The summed E-state index contributed by atoms with van der Waals surface area (Å²) in [4.78, 5) is 21.6. The molecular formula is C31H31ClN6O2. The molecule has 2 aromatic carbocycles. The third kappa shape index (κ3) is 6.27. The van der Waals surface area contributed by atoms with Crippen LogP contribution in [0.2, 0.25) is 5.02 Å². The van der Waals surface area contributed by atoms with Gasteiger partial charge in [-0.15, -0.1) is 0 Å². The lowest BCUT2D eigenvalue weighted by Crippen LogP contribution is -2.39. The lowest BCUT2D eigenvalue weighted by Gasteiger charge is -2.23. The van der Waals surface area contributed by atoms with Crippen molar-refractivity contribution in [1.82, 2.24) is 15.3 Å². The van der Waals surface area contributed by atoms with Crippen LogP contribution >= 0.6 is 11.6 Å². The van der Waals surface area contributed by atoms with Crippen LogP contribution in [0.1, 0.15) is 54.5 Å².